The Labute approximate surface area is 409 Å². The average Bonchev–Trinajstić information content (AvgIpc) is 4.22. The number of benzene rings is 2. The largest absolute Gasteiger partial charge is 0.494 e. The summed E-state index contributed by atoms with van der Waals surface area (Å²) in [5, 5.41) is 15.9. The maximum absolute atomic E-state index is 13.6. The molecule has 8 rings (SSSR count). The topological polar surface area (TPSA) is 237 Å². The zero-order valence-electron chi connectivity index (χ0n) is 41.3. The van der Waals surface area contributed by atoms with Crippen LogP contribution in [-0.2, 0) is 40.7 Å². The SMILES string of the molecule is COc1cccc(OC)c1-n1c(CS(=O)(=O)[C@@H](C)[C@H](C)c2cnc(C)cn2)nnc1[C@@H]1CCCO1.COc1cccc(OC)c1-n1c(CS(=O)(=O)[C@@H](C)[C@H](C)c2cnc(C)cn2)nnc1[C@H]1CCCO1. The first-order valence-corrected chi connectivity index (χ1v) is 26.5. The van der Waals surface area contributed by atoms with Crippen LogP contribution in [0.5, 0.6) is 23.0 Å². The summed E-state index contributed by atoms with van der Waals surface area (Å²) in [7, 11) is -1.12. The molecule has 20 nitrogen and oxygen atoms in total. The Balaban J connectivity index is 0.000000206. The van der Waals surface area contributed by atoms with Gasteiger partial charge in [0.15, 0.2) is 43.0 Å². The van der Waals surface area contributed by atoms with E-state index in [1.54, 1.807) is 113 Å². The van der Waals surface area contributed by atoms with E-state index in [9.17, 15) is 16.8 Å². The lowest BCUT2D eigenvalue weighted by Gasteiger charge is -2.21. The Hall–Kier alpha value is -6.10. The lowest BCUT2D eigenvalue weighted by molar-refractivity contribution is 0.103. The van der Waals surface area contributed by atoms with Crippen molar-refractivity contribution in [1.29, 1.82) is 0 Å². The van der Waals surface area contributed by atoms with E-state index in [-0.39, 0.29) is 47.2 Å². The van der Waals surface area contributed by atoms with E-state index in [1.807, 2.05) is 27.7 Å². The number of hydrogen-bond donors (Lipinski definition) is 0. The van der Waals surface area contributed by atoms with Crippen LogP contribution in [0.1, 0.15) is 123 Å². The number of aromatic nitrogens is 10. The molecule has 0 saturated carbocycles. The molecule has 70 heavy (non-hydrogen) atoms. The molecular weight excluding hydrogens is 941 g/mol. The quantitative estimate of drug-likeness (QED) is 0.0872. The van der Waals surface area contributed by atoms with Crippen molar-refractivity contribution < 1.29 is 45.3 Å². The van der Waals surface area contributed by atoms with E-state index in [4.69, 9.17) is 28.4 Å². The van der Waals surface area contributed by atoms with Gasteiger partial charge in [-0.05, 0) is 77.6 Å². The van der Waals surface area contributed by atoms with Crippen molar-refractivity contribution in [1.82, 2.24) is 49.5 Å². The van der Waals surface area contributed by atoms with E-state index in [0.717, 1.165) is 37.1 Å². The third-order valence-corrected chi connectivity index (χ3v) is 17.3. The fourth-order valence-corrected chi connectivity index (χ4v) is 11.6. The number of rotatable bonds is 18. The summed E-state index contributed by atoms with van der Waals surface area (Å²) in [6, 6.07) is 10.8. The Morgan fingerprint density at radius 1 is 0.557 bits per heavy atom. The summed E-state index contributed by atoms with van der Waals surface area (Å²) >= 11 is 0. The molecule has 6 atom stereocenters. The smallest absolute Gasteiger partial charge is 0.167 e. The van der Waals surface area contributed by atoms with Gasteiger partial charge >= 0.3 is 0 Å². The second kappa shape index (κ2) is 22.3. The first-order valence-electron chi connectivity index (χ1n) is 23.1. The fraction of sp³-hybridized carbons (Fsp3) is 0.500. The zero-order chi connectivity index (χ0) is 50.3. The molecule has 2 fully saturated rings. The third kappa shape index (κ3) is 11.1. The second-order valence-corrected chi connectivity index (χ2v) is 22.1. The molecular formula is C48H62N10O10S2. The normalized spacial score (nSPS) is 17.8. The number of methoxy groups -OCH3 is 4. The molecule has 2 aromatic carbocycles. The average molecular weight is 1000 g/mol. The molecule has 0 spiro atoms. The van der Waals surface area contributed by atoms with Crippen LogP contribution in [0.2, 0.25) is 0 Å². The van der Waals surface area contributed by atoms with Crippen molar-refractivity contribution >= 4 is 19.7 Å². The van der Waals surface area contributed by atoms with Crippen LogP contribution in [0, 0.1) is 13.8 Å². The predicted octanol–water partition coefficient (Wildman–Crippen LogP) is 6.68. The van der Waals surface area contributed by atoms with Gasteiger partial charge in [-0.1, -0.05) is 26.0 Å². The van der Waals surface area contributed by atoms with Gasteiger partial charge in [-0.25, -0.2) is 16.8 Å². The fourth-order valence-electron chi connectivity index (χ4n) is 8.42. The van der Waals surface area contributed by atoms with Crippen LogP contribution < -0.4 is 18.9 Å². The van der Waals surface area contributed by atoms with Gasteiger partial charge < -0.3 is 28.4 Å². The predicted molar refractivity (Wildman–Crippen MR) is 259 cm³/mol. The monoisotopic (exact) mass is 1000 g/mol. The maximum atomic E-state index is 13.6. The number of ether oxygens (including phenoxy) is 6. The number of aryl methyl sites for hydroxylation is 2. The summed E-state index contributed by atoms with van der Waals surface area (Å²) in [5.41, 5.74) is 3.89. The molecule has 376 valence electrons. The molecule has 4 aromatic heterocycles. The van der Waals surface area contributed by atoms with Gasteiger partial charge in [-0.2, -0.15) is 0 Å². The standard InChI is InChI=1S/2C24H31N5O5S/c2*1-15-12-26-18(13-25-15)16(2)17(3)35(30,31)14-22-27-28-24(21-10-7-11-34-21)29(22)23-19(32-4)8-6-9-20(23)33-5/h2*6,8-9,12-13,16-17,21H,7,10-11,14H2,1-5H3/t16-,17-,21+;16-,17-,21-/m00/s1. The minimum Gasteiger partial charge on any atom is -0.494 e. The molecule has 2 aliphatic rings. The van der Waals surface area contributed by atoms with E-state index in [2.05, 4.69) is 40.3 Å². The van der Waals surface area contributed by atoms with Gasteiger partial charge in [-0.3, -0.25) is 29.1 Å². The van der Waals surface area contributed by atoms with Gasteiger partial charge in [0.1, 0.15) is 58.1 Å². The Bertz CT molecular complexity index is 2690. The molecule has 0 radical (unpaired) electrons. The summed E-state index contributed by atoms with van der Waals surface area (Å²) in [4.78, 5) is 17.3. The molecule has 0 unspecified atom stereocenters. The van der Waals surface area contributed by atoms with Crippen LogP contribution in [-0.4, -0.2) is 118 Å². The van der Waals surface area contributed by atoms with Crippen molar-refractivity contribution in [2.45, 2.75) is 113 Å². The van der Waals surface area contributed by atoms with Crippen molar-refractivity contribution in [3.63, 3.8) is 0 Å². The summed E-state index contributed by atoms with van der Waals surface area (Å²) in [5.74, 6) is 2.29. The molecule has 2 saturated heterocycles. The van der Waals surface area contributed by atoms with Crippen LogP contribution in [0.3, 0.4) is 0 Å². The summed E-state index contributed by atoms with van der Waals surface area (Å²) < 4.78 is 91.9. The van der Waals surface area contributed by atoms with Crippen LogP contribution in [0.4, 0.5) is 0 Å². The number of para-hydroxylation sites is 2. The van der Waals surface area contributed by atoms with Gasteiger partial charge in [0, 0.05) is 49.8 Å². The molecule has 0 aliphatic carbocycles. The highest BCUT2D eigenvalue weighted by atomic mass is 32.2. The van der Waals surface area contributed by atoms with Gasteiger partial charge in [0.25, 0.3) is 0 Å². The minimum atomic E-state index is -3.66. The van der Waals surface area contributed by atoms with Crippen LogP contribution in [0.25, 0.3) is 11.4 Å². The van der Waals surface area contributed by atoms with E-state index in [1.165, 1.54) is 0 Å². The van der Waals surface area contributed by atoms with Crippen molar-refractivity contribution in [2.75, 3.05) is 41.7 Å². The van der Waals surface area contributed by atoms with E-state index in [0.29, 0.717) is 70.6 Å². The Kier molecular flexibility index (Phi) is 16.5. The summed E-state index contributed by atoms with van der Waals surface area (Å²) in [6.45, 7) is 12.0. The maximum Gasteiger partial charge on any atom is 0.167 e. The molecule has 6 heterocycles. The first kappa shape index (κ1) is 51.7. The third-order valence-electron chi connectivity index (χ3n) is 12.9. The lowest BCUT2D eigenvalue weighted by Crippen LogP contribution is -2.27. The number of nitrogens with zero attached hydrogens (tertiary/aromatic N) is 10. The first-order chi connectivity index (χ1) is 33.5. The van der Waals surface area contributed by atoms with Gasteiger partial charge in [0.2, 0.25) is 0 Å². The van der Waals surface area contributed by atoms with Crippen LogP contribution in [0.15, 0.2) is 61.2 Å². The van der Waals surface area contributed by atoms with Gasteiger partial charge in [0.05, 0.1) is 61.7 Å². The number of sulfone groups is 2. The molecule has 0 N–H and O–H groups in total. The van der Waals surface area contributed by atoms with Crippen LogP contribution >= 0.6 is 0 Å². The van der Waals surface area contributed by atoms with E-state index < -0.39 is 30.2 Å². The molecule has 0 amide bonds. The Morgan fingerprint density at radius 3 is 1.20 bits per heavy atom. The highest BCUT2D eigenvalue weighted by Crippen LogP contribution is 2.40. The number of hydrogen-bond acceptors (Lipinski definition) is 18. The van der Waals surface area contributed by atoms with Gasteiger partial charge in [-0.15, -0.1) is 20.4 Å². The second-order valence-electron chi connectivity index (χ2n) is 17.4. The van der Waals surface area contributed by atoms with Crippen molar-refractivity contribution in [2.24, 2.45) is 0 Å². The Morgan fingerprint density at radius 2 is 0.914 bits per heavy atom. The lowest BCUT2D eigenvalue weighted by atomic mass is 10.1. The molecule has 22 heteroatoms. The van der Waals surface area contributed by atoms with Crippen molar-refractivity contribution in [3.8, 4) is 34.4 Å². The molecule has 0 bridgehead atoms. The minimum absolute atomic E-state index is 0.271. The highest BCUT2D eigenvalue weighted by Gasteiger charge is 2.36. The highest BCUT2D eigenvalue weighted by molar-refractivity contribution is 7.91. The zero-order valence-corrected chi connectivity index (χ0v) is 42.9. The summed E-state index contributed by atoms with van der Waals surface area (Å²) in [6.07, 6.45) is 9.26. The molecule has 6 aromatic rings. The van der Waals surface area contributed by atoms with Crippen molar-refractivity contribution in [3.05, 3.63) is 107 Å². The van der Waals surface area contributed by atoms with E-state index >= 15 is 0 Å². The molecule has 2 aliphatic heterocycles.